The molecule has 0 fully saturated rings. The molecule has 0 aliphatic heterocycles. The average Bonchev–Trinajstić information content (AvgIpc) is 2.38. The van der Waals surface area contributed by atoms with E-state index in [4.69, 9.17) is 14.6 Å². The Morgan fingerprint density at radius 2 is 1.83 bits per heavy atom. The SMILES string of the molecule is CCOCCOCCN(C(=O)O)c1ccccc1. The number of hydrogen-bond acceptors (Lipinski definition) is 3. The zero-order valence-electron chi connectivity index (χ0n) is 10.5. The van der Waals surface area contributed by atoms with Crippen molar-refractivity contribution in [2.45, 2.75) is 6.92 Å². The van der Waals surface area contributed by atoms with Crippen LogP contribution >= 0.6 is 0 Å². The molecule has 0 unspecified atom stereocenters. The van der Waals surface area contributed by atoms with Crippen LogP contribution in [0.4, 0.5) is 10.5 Å². The van der Waals surface area contributed by atoms with E-state index in [0.717, 1.165) is 0 Å². The van der Waals surface area contributed by atoms with Crippen molar-refractivity contribution in [1.82, 2.24) is 0 Å². The fraction of sp³-hybridized carbons (Fsp3) is 0.462. The van der Waals surface area contributed by atoms with Gasteiger partial charge >= 0.3 is 6.09 Å². The number of amides is 1. The Labute approximate surface area is 107 Å². The maximum absolute atomic E-state index is 11.1. The summed E-state index contributed by atoms with van der Waals surface area (Å²) < 4.78 is 10.4. The Kier molecular flexibility index (Phi) is 6.83. The molecule has 1 aromatic rings. The Morgan fingerprint density at radius 3 is 2.44 bits per heavy atom. The van der Waals surface area contributed by atoms with E-state index in [2.05, 4.69) is 0 Å². The first-order chi connectivity index (χ1) is 8.75. The fourth-order valence-electron chi connectivity index (χ4n) is 1.46. The van der Waals surface area contributed by atoms with Gasteiger partial charge in [-0.15, -0.1) is 0 Å². The summed E-state index contributed by atoms with van der Waals surface area (Å²) in [6.45, 7) is 4.26. The standard InChI is InChI=1S/C13H19NO4/c1-2-17-10-11-18-9-8-14(13(15)16)12-6-4-3-5-7-12/h3-7H,2,8-11H2,1H3,(H,15,16). The maximum Gasteiger partial charge on any atom is 0.411 e. The van der Waals surface area contributed by atoms with Crippen LogP contribution in [0.2, 0.25) is 0 Å². The van der Waals surface area contributed by atoms with Crippen molar-refractivity contribution in [1.29, 1.82) is 0 Å². The van der Waals surface area contributed by atoms with Crippen LogP contribution in [0.15, 0.2) is 30.3 Å². The summed E-state index contributed by atoms with van der Waals surface area (Å²) in [5, 5.41) is 9.11. The van der Waals surface area contributed by atoms with Crippen molar-refractivity contribution in [2.24, 2.45) is 0 Å². The lowest BCUT2D eigenvalue weighted by Gasteiger charge is -2.19. The molecule has 100 valence electrons. The van der Waals surface area contributed by atoms with Gasteiger partial charge in [-0.1, -0.05) is 18.2 Å². The molecule has 0 aliphatic carbocycles. The highest BCUT2D eigenvalue weighted by Crippen LogP contribution is 2.12. The number of carbonyl (C=O) groups is 1. The van der Waals surface area contributed by atoms with E-state index in [1.54, 1.807) is 24.3 Å². The zero-order chi connectivity index (χ0) is 13.2. The molecule has 18 heavy (non-hydrogen) atoms. The van der Waals surface area contributed by atoms with Gasteiger partial charge in [-0.05, 0) is 19.1 Å². The lowest BCUT2D eigenvalue weighted by atomic mass is 10.3. The van der Waals surface area contributed by atoms with E-state index in [0.29, 0.717) is 38.7 Å². The predicted octanol–water partition coefficient (Wildman–Crippen LogP) is 2.22. The van der Waals surface area contributed by atoms with Crippen molar-refractivity contribution in [3.8, 4) is 0 Å². The van der Waals surface area contributed by atoms with Crippen molar-refractivity contribution >= 4 is 11.8 Å². The number of ether oxygens (including phenoxy) is 2. The first-order valence-electron chi connectivity index (χ1n) is 5.96. The van der Waals surface area contributed by atoms with Gasteiger partial charge in [-0.25, -0.2) is 4.79 Å². The third-order valence-electron chi connectivity index (χ3n) is 2.33. The lowest BCUT2D eigenvalue weighted by molar-refractivity contribution is 0.0555. The Bertz CT molecular complexity index is 342. The molecule has 0 aromatic heterocycles. The van der Waals surface area contributed by atoms with E-state index in [1.807, 2.05) is 13.0 Å². The molecule has 1 amide bonds. The van der Waals surface area contributed by atoms with Crippen LogP contribution in [0.25, 0.3) is 0 Å². The van der Waals surface area contributed by atoms with E-state index >= 15 is 0 Å². The second-order valence-electron chi connectivity index (χ2n) is 3.58. The Balaban J connectivity index is 2.34. The number of hydrogen-bond donors (Lipinski definition) is 1. The number of rotatable bonds is 8. The van der Waals surface area contributed by atoms with Crippen LogP contribution in [0, 0.1) is 0 Å². The number of anilines is 1. The van der Waals surface area contributed by atoms with Gasteiger partial charge in [-0.2, -0.15) is 0 Å². The number of carboxylic acid groups (broad SMARTS) is 1. The van der Waals surface area contributed by atoms with Gasteiger partial charge in [0.2, 0.25) is 0 Å². The third kappa shape index (κ3) is 5.16. The van der Waals surface area contributed by atoms with Crippen LogP contribution in [-0.2, 0) is 9.47 Å². The van der Waals surface area contributed by atoms with Gasteiger partial charge in [0.05, 0.1) is 26.4 Å². The molecule has 1 aromatic carbocycles. The normalized spacial score (nSPS) is 10.3. The molecule has 0 atom stereocenters. The van der Waals surface area contributed by atoms with Crippen LogP contribution in [-0.4, -0.2) is 44.2 Å². The van der Waals surface area contributed by atoms with E-state index < -0.39 is 6.09 Å². The minimum Gasteiger partial charge on any atom is -0.465 e. The molecular formula is C13H19NO4. The zero-order valence-corrected chi connectivity index (χ0v) is 10.5. The molecule has 0 bridgehead atoms. The first kappa shape index (κ1) is 14.5. The van der Waals surface area contributed by atoms with Gasteiger partial charge in [0, 0.05) is 12.3 Å². The van der Waals surface area contributed by atoms with E-state index in [-0.39, 0.29) is 0 Å². The summed E-state index contributed by atoms with van der Waals surface area (Å²) in [5.41, 5.74) is 0.651. The topological polar surface area (TPSA) is 59.0 Å². The molecule has 5 heteroatoms. The quantitative estimate of drug-likeness (QED) is 0.722. The van der Waals surface area contributed by atoms with Gasteiger partial charge in [-0.3, -0.25) is 4.90 Å². The highest BCUT2D eigenvalue weighted by molar-refractivity contribution is 5.85. The van der Waals surface area contributed by atoms with E-state index in [9.17, 15) is 4.79 Å². The maximum atomic E-state index is 11.1. The van der Waals surface area contributed by atoms with Crippen LogP contribution in [0.1, 0.15) is 6.92 Å². The van der Waals surface area contributed by atoms with Crippen LogP contribution in [0.3, 0.4) is 0 Å². The minimum absolute atomic E-state index is 0.311. The third-order valence-corrected chi connectivity index (χ3v) is 2.33. The van der Waals surface area contributed by atoms with Crippen LogP contribution < -0.4 is 4.90 Å². The predicted molar refractivity (Wildman–Crippen MR) is 69.1 cm³/mol. The molecule has 1 N–H and O–H groups in total. The second-order valence-corrected chi connectivity index (χ2v) is 3.58. The van der Waals surface area contributed by atoms with E-state index in [1.165, 1.54) is 4.90 Å². The number of benzene rings is 1. The highest BCUT2D eigenvalue weighted by Gasteiger charge is 2.12. The van der Waals surface area contributed by atoms with Gasteiger partial charge in [0.25, 0.3) is 0 Å². The Hall–Kier alpha value is -1.59. The molecule has 0 saturated carbocycles. The average molecular weight is 253 g/mol. The van der Waals surface area contributed by atoms with Crippen molar-refractivity contribution < 1.29 is 19.4 Å². The molecule has 0 saturated heterocycles. The highest BCUT2D eigenvalue weighted by atomic mass is 16.5. The van der Waals surface area contributed by atoms with Gasteiger partial charge in [0.15, 0.2) is 0 Å². The summed E-state index contributed by atoms with van der Waals surface area (Å²) >= 11 is 0. The summed E-state index contributed by atoms with van der Waals surface area (Å²) in [4.78, 5) is 12.4. The molecule has 0 spiro atoms. The number of para-hydroxylation sites is 1. The molecule has 0 aliphatic rings. The number of nitrogens with zero attached hydrogens (tertiary/aromatic N) is 1. The van der Waals surface area contributed by atoms with Crippen LogP contribution in [0.5, 0.6) is 0 Å². The fourth-order valence-corrected chi connectivity index (χ4v) is 1.46. The van der Waals surface area contributed by atoms with Crippen molar-refractivity contribution in [3.05, 3.63) is 30.3 Å². The van der Waals surface area contributed by atoms with Crippen molar-refractivity contribution in [3.63, 3.8) is 0 Å². The smallest absolute Gasteiger partial charge is 0.411 e. The Morgan fingerprint density at radius 1 is 1.17 bits per heavy atom. The summed E-state index contributed by atoms with van der Waals surface area (Å²) in [7, 11) is 0. The first-order valence-corrected chi connectivity index (χ1v) is 5.96. The molecule has 1 rings (SSSR count). The second kappa shape index (κ2) is 8.49. The molecule has 0 radical (unpaired) electrons. The monoisotopic (exact) mass is 253 g/mol. The summed E-state index contributed by atoms with van der Waals surface area (Å²) in [6, 6.07) is 8.98. The lowest BCUT2D eigenvalue weighted by Crippen LogP contribution is -2.32. The van der Waals surface area contributed by atoms with Gasteiger partial charge < -0.3 is 14.6 Å². The molecule has 0 heterocycles. The summed E-state index contributed by atoms with van der Waals surface area (Å²) in [6.07, 6.45) is -0.977. The largest absolute Gasteiger partial charge is 0.465 e. The van der Waals surface area contributed by atoms with Gasteiger partial charge in [0.1, 0.15) is 0 Å². The molecular weight excluding hydrogens is 234 g/mol. The molecule has 5 nitrogen and oxygen atoms in total. The summed E-state index contributed by atoms with van der Waals surface area (Å²) in [5.74, 6) is 0. The van der Waals surface area contributed by atoms with Crippen molar-refractivity contribution in [2.75, 3.05) is 37.9 Å². The minimum atomic E-state index is -0.977.